The molecule has 3 aliphatic rings. The Bertz CT molecular complexity index is 1070. The summed E-state index contributed by atoms with van der Waals surface area (Å²) < 4.78 is 39.5. The maximum Gasteiger partial charge on any atom is 0.406 e. The Morgan fingerprint density at radius 3 is 2.61 bits per heavy atom. The van der Waals surface area contributed by atoms with E-state index in [1.807, 2.05) is 0 Å². The maximum absolute atomic E-state index is 13.2. The summed E-state index contributed by atoms with van der Waals surface area (Å²) in [6.07, 6.45) is -1.64. The summed E-state index contributed by atoms with van der Waals surface area (Å²) in [5, 5.41) is 17.8. The summed E-state index contributed by atoms with van der Waals surface area (Å²) >= 11 is 0. The molecule has 3 N–H and O–H groups in total. The van der Waals surface area contributed by atoms with Crippen LogP contribution in [-0.2, 0) is 4.79 Å². The van der Waals surface area contributed by atoms with Crippen molar-refractivity contribution in [3.05, 3.63) is 29.3 Å². The van der Waals surface area contributed by atoms with Crippen LogP contribution in [0.4, 0.5) is 18.9 Å². The minimum atomic E-state index is -4.50. The maximum atomic E-state index is 13.2. The Morgan fingerprint density at radius 2 is 2.00 bits per heavy atom. The van der Waals surface area contributed by atoms with Crippen LogP contribution in [0.25, 0.3) is 0 Å². The first kappa shape index (κ1) is 28.1. The first-order valence-electron chi connectivity index (χ1n) is 13.1. The SMILES string of the molecule is Cc1cc(NC2NN([C@@H](CC#N)C3CC3)C3CCNC(=O)C23)ccc1C(=O)N(CCN(C)C)CC(F)(F)F. The fraction of sp³-hybridized carbons (Fsp3) is 0.654. The number of hydrogen-bond acceptors (Lipinski definition) is 7. The normalized spacial score (nSPS) is 24.5. The number of nitriles is 1. The molecule has 4 rings (SSSR count). The molecule has 3 unspecified atom stereocenters. The van der Waals surface area contributed by atoms with E-state index in [4.69, 9.17) is 0 Å². The largest absolute Gasteiger partial charge is 0.406 e. The van der Waals surface area contributed by atoms with Gasteiger partial charge >= 0.3 is 6.18 Å². The van der Waals surface area contributed by atoms with Gasteiger partial charge in [0.05, 0.1) is 18.4 Å². The van der Waals surface area contributed by atoms with Crippen molar-refractivity contribution in [2.45, 2.75) is 57.0 Å². The molecule has 2 aliphatic heterocycles. The van der Waals surface area contributed by atoms with Crippen LogP contribution in [0.1, 0.15) is 41.6 Å². The lowest BCUT2D eigenvalue weighted by atomic mass is 9.90. The minimum Gasteiger partial charge on any atom is -0.368 e. The summed E-state index contributed by atoms with van der Waals surface area (Å²) in [7, 11) is 3.48. The monoisotopic (exact) mass is 535 g/mol. The highest BCUT2D eigenvalue weighted by molar-refractivity contribution is 5.96. The van der Waals surface area contributed by atoms with Gasteiger partial charge in [-0.05, 0) is 70.0 Å². The van der Waals surface area contributed by atoms with Gasteiger partial charge in [-0.15, -0.1) is 0 Å². The van der Waals surface area contributed by atoms with Crippen molar-refractivity contribution in [2.24, 2.45) is 11.8 Å². The molecule has 1 aromatic rings. The molecule has 9 nitrogen and oxygen atoms in total. The molecule has 2 heterocycles. The molecule has 0 bridgehead atoms. The topological polar surface area (TPSA) is 104 Å². The van der Waals surface area contributed by atoms with E-state index in [0.717, 1.165) is 24.2 Å². The van der Waals surface area contributed by atoms with Crippen LogP contribution in [-0.4, -0.2) is 91.3 Å². The number of carbonyl (C=O) groups is 2. The summed E-state index contributed by atoms with van der Waals surface area (Å²) in [5.74, 6) is -0.675. The smallest absolute Gasteiger partial charge is 0.368 e. The predicted molar refractivity (Wildman–Crippen MR) is 136 cm³/mol. The van der Waals surface area contributed by atoms with Gasteiger partial charge in [0.15, 0.2) is 0 Å². The molecular formula is C26H36F3N7O2. The van der Waals surface area contributed by atoms with Gasteiger partial charge in [0.25, 0.3) is 5.91 Å². The second-order valence-corrected chi connectivity index (χ2v) is 10.8. The van der Waals surface area contributed by atoms with Crippen LogP contribution in [0.2, 0.25) is 0 Å². The average molecular weight is 536 g/mol. The van der Waals surface area contributed by atoms with Crippen LogP contribution >= 0.6 is 0 Å². The summed E-state index contributed by atoms with van der Waals surface area (Å²) in [6, 6.07) is 7.19. The van der Waals surface area contributed by atoms with Gasteiger partial charge in [-0.25, -0.2) is 10.4 Å². The molecule has 3 fully saturated rings. The number of likely N-dealkylation sites (N-methyl/N-ethyl adjacent to an activating group) is 1. The number of hydrazine groups is 1. The van der Waals surface area contributed by atoms with Crippen molar-refractivity contribution < 1.29 is 22.8 Å². The highest BCUT2D eigenvalue weighted by Crippen LogP contribution is 2.41. The van der Waals surface area contributed by atoms with Gasteiger partial charge in [0.2, 0.25) is 5.91 Å². The number of hydrogen-bond donors (Lipinski definition) is 3. The highest BCUT2D eigenvalue weighted by atomic mass is 19.4. The number of anilines is 1. The van der Waals surface area contributed by atoms with Crippen LogP contribution in [0.3, 0.4) is 0 Å². The van der Waals surface area contributed by atoms with E-state index in [9.17, 15) is 28.0 Å². The van der Waals surface area contributed by atoms with E-state index < -0.39 is 24.8 Å². The number of nitrogens with zero attached hydrogens (tertiary/aromatic N) is 4. The molecule has 4 atom stereocenters. The van der Waals surface area contributed by atoms with Crippen LogP contribution in [0.5, 0.6) is 0 Å². The molecule has 0 aromatic heterocycles. The Morgan fingerprint density at radius 1 is 1.26 bits per heavy atom. The second kappa shape index (κ2) is 11.5. The van der Waals surface area contributed by atoms with E-state index in [1.165, 1.54) is 6.07 Å². The second-order valence-electron chi connectivity index (χ2n) is 10.8. The Kier molecular flexibility index (Phi) is 8.49. The molecular weight excluding hydrogens is 499 g/mol. The van der Waals surface area contributed by atoms with Crippen molar-refractivity contribution in [2.75, 3.05) is 45.6 Å². The molecule has 2 saturated heterocycles. The van der Waals surface area contributed by atoms with Crippen LogP contribution < -0.4 is 16.1 Å². The molecule has 1 aliphatic carbocycles. The van der Waals surface area contributed by atoms with Crippen LogP contribution in [0, 0.1) is 30.1 Å². The third kappa shape index (κ3) is 6.57. The fourth-order valence-electron chi connectivity index (χ4n) is 5.50. The first-order chi connectivity index (χ1) is 18.0. The van der Waals surface area contributed by atoms with Gasteiger partial charge in [-0.1, -0.05) is 0 Å². The van der Waals surface area contributed by atoms with Gasteiger partial charge in [-0.3, -0.25) is 9.59 Å². The van der Waals surface area contributed by atoms with E-state index in [1.54, 1.807) is 38.1 Å². The third-order valence-electron chi connectivity index (χ3n) is 7.54. The third-order valence-corrected chi connectivity index (χ3v) is 7.54. The fourth-order valence-corrected chi connectivity index (χ4v) is 5.50. The van der Waals surface area contributed by atoms with Gasteiger partial charge in [0.1, 0.15) is 12.7 Å². The van der Waals surface area contributed by atoms with E-state index >= 15 is 0 Å². The lowest BCUT2D eigenvalue weighted by Crippen LogP contribution is -2.52. The summed E-state index contributed by atoms with van der Waals surface area (Å²) in [6.45, 7) is 1.21. The molecule has 38 heavy (non-hydrogen) atoms. The summed E-state index contributed by atoms with van der Waals surface area (Å²) in [5.41, 5.74) is 4.84. The standard InChI is InChI=1S/C26H36F3N7O2/c1-16-14-18(6-7-19(16)25(38)35(13-12-34(2)3)15-26(27,28)29)32-23-22-21(9-11-31-24(22)37)36(33-23)20(8-10-30)17-4-5-17/h6-7,14,17,20-23,32-33H,4-5,8-9,11-13,15H2,1-3H3,(H,31,37)/t20-,21?,22?,23?/m0/s1. The molecule has 0 radical (unpaired) electrons. The number of piperidine rings is 1. The summed E-state index contributed by atoms with van der Waals surface area (Å²) in [4.78, 5) is 28.5. The lowest BCUT2D eigenvalue weighted by Gasteiger charge is -2.34. The van der Waals surface area contributed by atoms with Gasteiger partial charge < -0.3 is 20.4 Å². The van der Waals surface area contributed by atoms with Crippen molar-refractivity contribution in [3.63, 3.8) is 0 Å². The highest BCUT2D eigenvalue weighted by Gasteiger charge is 2.52. The average Bonchev–Trinajstić information content (AvgIpc) is 3.61. The van der Waals surface area contributed by atoms with Crippen LogP contribution in [0.15, 0.2) is 18.2 Å². The Labute approximate surface area is 221 Å². The molecule has 1 aromatic carbocycles. The number of nitrogens with one attached hydrogen (secondary N) is 3. The number of aryl methyl sites for hydroxylation is 1. The zero-order valence-electron chi connectivity index (χ0n) is 22.0. The van der Waals surface area contributed by atoms with Crippen molar-refractivity contribution >= 4 is 17.5 Å². The first-order valence-corrected chi connectivity index (χ1v) is 13.1. The molecule has 2 amide bonds. The lowest BCUT2D eigenvalue weighted by molar-refractivity contribution is -0.141. The Hall–Kier alpha value is -2.88. The van der Waals surface area contributed by atoms with Crippen molar-refractivity contribution in [1.29, 1.82) is 5.26 Å². The van der Waals surface area contributed by atoms with E-state index in [-0.39, 0.29) is 36.0 Å². The molecule has 1 saturated carbocycles. The van der Waals surface area contributed by atoms with Gasteiger partial charge in [-0.2, -0.15) is 18.4 Å². The number of benzene rings is 1. The zero-order valence-corrected chi connectivity index (χ0v) is 22.0. The number of rotatable bonds is 10. The number of amides is 2. The van der Waals surface area contributed by atoms with Crippen molar-refractivity contribution in [3.8, 4) is 6.07 Å². The minimum absolute atomic E-state index is 0.0358. The zero-order chi connectivity index (χ0) is 27.6. The number of halogens is 3. The van der Waals surface area contributed by atoms with Gasteiger partial charge in [0, 0.05) is 43.0 Å². The number of fused-ring (bicyclic) bond motifs is 1. The number of carbonyl (C=O) groups excluding carboxylic acids is 2. The van der Waals surface area contributed by atoms with E-state index in [2.05, 4.69) is 27.1 Å². The Balaban J connectivity index is 1.51. The molecule has 208 valence electrons. The number of alkyl halides is 3. The molecule has 12 heteroatoms. The van der Waals surface area contributed by atoms with E-state index in [0.29, 0.717) is 36.7 Å². The predicted octanol–water partition coefficient (Wildman–Crippen LogP) is 2.32. The quantitative estimate of drug-likeness (QED) is 0.423. The van der Waals surface area contributed by atoms with Crippen molar-refractivity contribution in [1.82, 2.24) is 25.6 Å². The molecule has 0 spiro atoms.